The fraction of sp³-hybridized carbons (Fsp3) is 0.529. The molecule has 2 aliphatic heterocycles. The average molecular weight is 382 g/mol. The summed E-state index contributed by atoms with van der Waals surface area (Å²) in [5.74, 6) is -1.44. The molecule has 2 aliphatic rings. The SMILES string of the molecule is O=C(O)C1CN(C(=O)c2ccc(S(=O)(=O)N3CCCCC3)cc2)CCO1. The summed E-state index contributed by atoms with van der Waals surface area (Å²) in [6.07, 6.45) is 1.72. The minimum absolute atomic E-state index is 0.0258. The largest absolute Gasteiger partial charge is 0.479 e. The van der Waals surface area contributed by atoms with Gasteiger partial charge in [-0.25, -0.2) is 13.2 Å². The molecule has 0 radical (unpaired) electrons. The summed E-state index contributed by atoms with van der Waals surface area (Å²) in [7, 11) is -3.54. The van der Waals surface area contributed by atoms with Crippen molar-refractivity contribution in [2.24, 2.45) is 0 Å². The van der Waals surface area contributed by atoms with Crippen LogP contribution in [0.4, 0.5) is 0 Å². The molecule has 1 unspecified atom stereocenters. The fourth-order valence-corrected chi connectivity index (χ4v) is 4.71. The zero-order valence-corrected chi connectivity index (χ0v) is 15.2. The van der Waals surface area contributed by atoms with Crippen LogP contribution in [0, 0.1) is 0 Å². The first-order valence-electron chi connectivity index (χ1n) is 8.63. The predicted molar refractivity (Wildman–Crippen MR) is 92.3 cm³/mol. The number of rotatable bonds is 4. The summed E-state index contributed by atoms with van der Waals surface area (Å²) in [6, 6.07) is 5.83. The number of carbonyl (C=O) groups is 2. The summed E-state index contributed by atoms with van der Waals surface area (Å²) >= 11 is 0. The molecule has 1 atom stereocenters. The number of aliphatic carboxylic acids is 1. The number of hydrogen-bond donors (Lipinski definition) is 1. The Labute approximate surface area is 152 Å². The molecule has 0 aliphatic carbocycles. The summed E-state index contributed by atoms with van der Waals surface area (Å²) in [4.78, 5) is 25.2. The topological polar surface area (TPSA) is 104 Å². The molecule has 1 amide bonds. The minimum atomic E-state index is -3.54. The molecule has 2 saturated heterocycles. The maximum Gasteiger partial charge on any atom is 0.334 e. The molecular weight excluding hydrogens is 360 g/mol. The van der Waals surface area contributed by atoms with Gasteiger partial charge in [0, 0.05) is 25.2 Å². The van der Waals surface area contributed by atoms with E-state index in [2.05, 4.69) is 0 Å². The number of nitrogens with zero attached hydrogens (tertiary/aromatic N) is 2. The quantitative estimate of drug-likeness (QED) is 0.826. The van der Waals surface area contributed by atoms with Crippen molar-refractivity contribution >= 4 is 21.9 Å². The molecule has 0 bridgehead atoms. The smallest absolute Gasteiger partial charge is 0.334 e. The molecule has 0 aromatic heterocycles. The Morgan fingerprint density at radius 3 is 2.31 bits per heavy atom. The van der Waals surface area contributed by atoms with Gasteiger partial charge in [0.05, 0.1) is 18.0 Å². The Morgan fingerprint density at radius 2 is 1.69 bits per heavy atom. The number of ether oxygens (including phenoxy) is 1. The van der Waals surface area contributed by atoms with Crippen LogP contribution in [0.5, 0.6) is 0 Å². The van der Waals surface area contributed by atoms with E-state index >= 15 is 0 Å². The van der Waals surface area contributed by atoms with Crippen LogP contribution in [0.2, 0.25) is 0 Å². The van der Waals surface area contributed by atoms with Crippen LogP contribution in [-0.2, 0) is 19.6 Å². The van der Waals surface area contributed by atoms with Crippen molar-refractivity contribution in [2.45, 2.75) is 30.3 Å². The van der Waals surface area contributed by atoms with Gasteiger partial charge in [-0.05, 0) is 37.1 Å². The van der Waals surface area contributed by atoms with Crippen molar-refractivity contribution in [3.63, 3.8) is 0 Å². The highest BCUT2D eigenvalue weighted by molar-refractivity contribution is 7.89. The van der Waals surface area contributed by atoms with Gasteiger partial charge in [-0.2, -0.15) is 4.31 Å². The molecule has 9 heteroatoms. The highest BCUT2D eigenvalue weighted by Crippen LogP contribution is 2.21. The summed E-state index contributed by atoms with van der Waals surface area (Å²) in [5.41, 5.74) is 0.327. The highest BCUT2D eigenvalue weighted by atomic mass is 32.2. The van der Waals surface area contributed by atoms with E-state index in [9.17, 15) is 18.0 Å². The van der Waals surface area contributed by atoms with E-state index in [1.165, 1.54) is 33.5 Å². The number of benzene rings is 1. The molecule has 142 valence electrons. The van der Waals surface area contributed by atoms with Crippen molar-refractivity contribution in [3.05, 3.63) is 29.8 Å². The standard InChI is InChI=1S/C17H22N2O6S/c20-16(18-10-11-25-15(12-18)17(21)22)13-4-6-14(7-5-13)26(23,24)19-8-2-1-3-9-19/h4-7,15H,1-3,8-12H2,(H,21,22). The first-order chi connectivity index (χ1) is 12.4. The molecular formula is C17H22N2O6S. The fourth-order valence-electron chi connectivity index (χ4n) is 3.19. The lowest BCUT2D eigenvalue weighted by molar-refractivity contribution is -0.154. The normalized spacial score (nSPS) is 22.2. The van der Waals surface area contributed by atoms with E-state index in [0.29, 0.717) is 25.2 Å². The molecule has 1 N–H and O–H groups in total. The van der Waals surface area contributed by atoms with E-state index in [1.807, 2.05) is 0 Å². The Morgan fingerprint density at radius 1 is 1.04 bits per heavy atom. The van der Waals surface area contributed by atoms with E-state index in [-0.39, 0.29) is 24.0 Å². The summed E-state index contributed by atoms with van der Waals surface area (Å²) < 4.78 is 31.9. The average Bonchev–Trinajstić information content (AvgIpc) is 2.68. The number of carboxylic acids is 1. The summed E-state index contributed by atoms with van der Waals surface area (Å²) in [6.45, 7) is 1.48. The van der Waals surface area contributed by atoms with Gasteiger partial charge in [-0.15, -0.1) is 0 Å². The first-order valence-corrected chi connectivity index (χ1v) is 10.1. The number of amides is 1. The third-order valence-electron chi connectivity index (χ3n) is 4.68. The lowest BCUT2D eigenvalue weighted by Gasteiger charge is -2.31. The van der Waals surface area contributed by atoms with Crippen LogP contribution < -0.4 is 0 Å². The number of sulfonamides is 1. The van der Waals surface area contributed by atoms with Gasteiger partial charge >= 0.3 is 5.97 Å². The van der Waals surface area contributed by atoms with Gasteiger partial charge < -0.3 is 14.7 Å². The third kappa shape index (κ3) is 3.89. The van der Waals surface area contributed by atoms with Crippen molar-refractivity contribution in [2.75, 3.05) is 32.8 Å². The van der Waals surface area contributed by atoms with Gasteiger partial charge in [-0.1, -0.05) is 6.42 Å². The van der Waals surface area contributed by atoms with Gasteiger partial charge in [0.2, 0.25) is 10.0 Å². The number of carboxylic acid groups (broad SMARTS) is 1. The van der Waals surface area contributed by atoms with Crippen LogP contribution in [0.15, 0.2) is 29.2 Å². The van der Waals surface area contributed by atoms with E-state index in [0.717, 1.165) is 19.3 Å². The zero-order chi connectivity index (χ0) is 18.7. The van der Waals surface area contributed by atoms with Crippen LogP contribution in [0.25, 0.3) is 0 Å². The Bertz CT molecular complexity index is 771. The maximum atomic E-state index is 12.6. The minimum Gasteiger partial charge on any atom is -0.479 e. The van der Waals surface area contributed by atoms with Crippen molar-refractivity contribution < 1.29 is 27.9 Å². The second-order valence-corrected chi connectivity index (χ2v) is 8.38. The van der Waals surface area contributed by atoms with Crippen molar-refractivity contribution in [1.29, 1.82) is 0 Å². The lowest BCUT2D eigenvalue weighted by Crippen LogP contribution is -2.48. The molecule has 0 saturated carbocycles. The lowest BCUT2D eigenvalue weighted by atomic mass is 10.1. The molecule has 8 nitrogen and oxygen atoms in total. The zero-order valence-electron chi connectivity index (χ0n) is 14.3. The molecule has 1 aromatic carbocycles. The van der Waals surface area contributed by atoms with Gasteiger partial charge in [-0.3, -0.25) is 4.79 Å². The molecule has 1 aromatic rings. The third-order valence-corrected chi connectivity index (χ3v) is 6.60. The Balaban J connectivity index is 1.72. The summed E-state index contributed by atoms with van der Waals surface area (Å²) in [5, 5.41) is 9.02. The number of piperidine rings is 1. The Kier molecular flexibility index (Phi) is 5.59. The van der Waals surface area contributed by atoms with Crippen molar-refractivity contribution in [3.8, 4) is 0 Å². The molecule has 0 spiro atoms. The van der Waals surface area contributed by atoms with Crippen LogP contribution >= 0.6 is 0 Å². The van der Waals surface area contributed by atoms with Gasteiger partial charge in [0.1, 0.15) is 0 Å². The first kappa shape index (κ1) is 18.8. The van der Waals surface area contributed by atoms with E-state index in [1.54, 1.807) is 0 Å². The van der Waals surface area contributed by atoms with Gasteiger partial charge in [0.15, 0.2) is 6.10 Å². The molecule has 2 heterocycles. The second-order valence-electron chi connectivity index (χ2n) is 6.44. The van der Waals surface area contributed by atoms with Crippen LogP contribution in [0.1, 0.15) is 29.6 Å². The molecule has 26 heavy (non-hydrogen) atoms. The molecule has 3 rings (SSSR count). The predicted octanol–water partition coefficient (Wildman–Crippen LogP) is 0.787. The Hall–Kier alpha value is -1.97. The van der Waals surface area contributed by atoms with Crippen LogP contribution in [0.3, 0.4) is 0 Å². The second kappa shape index (κ2) is 7.73. The monoisotopic (exact) mass is 382 g/mol. The number of hydrogen-bond acceptors (Lipinski definition) is 5. The van der Waals surface area contributed by atoms with E-state index in [4.69, 9.17) is 9.84 Å². The van der Waals surface area contributed by atoms with E-state index < -0.39 is 22.1 Å². The maximum absolute atomic E-state index is 12.6. The number of carbonyl (C=O) groups excluding carboxylic acids is 1. The van der Waals surface area contributed by atoms with Gasteiger partial charge in [0.25, 0.3) is 5.91 Å². The van der Waals surface area contributed by atoms with Crippen molar-refractivity contribution in [1.82, 2.24) is 9.21 Å². The molecule has 2 fully saturated rings. The highest BCUT2D eigenvalue weighted by Gasteiger charge is 2.30. The number of morpholine rings is 1. The van der Waals surface area contributed by atoms with Crippen LogP contribution in [-0.4, -0.2) is 73.5 Å².